The van der Waals surface area contributed by atoms with Gasteiger partial charge in [0.15, 0.2) is 6.61 Å². The smallest absolute Gasteiger partial charge is 0.212 e. The largest absolute Gasteiger partial charge is 0.485 e. The maximum Gasteiger partial charge on any atom is 0.212 e. The summed E-state index contributed by atoms with van der Waals surface area (Å²) in [6.07, 6.45) is 0.948. The van der Waals surface area contributed by atoms with E-state index in [1.54, 1.807) is 7.05 Å². The Morgan fingerprint density at radius 2 is 2.12 bits per heavy atom. The van der Waals surface area contributed by atoms with Gasteiger partial charge in [0.2, 0.25) is 5.82 Å². The Labute approximate surface area is 94.0 Å². The molecule has 0 aliphatic carbocycles. The number of benzene rings is 1. The van der Waals surface area contributed by atoms with Crippen molar-refractivity contribution in [3.63, 3.8) is 0 Å². The molecule has 0 saturated carbocycles. The standard InChI is InChI=1S/C11H14N4O/c1-3-9-6-4-5-7-10(9)16-8-11-12-14-15(2)13-11/h4-7H,3,8H2,1-2H3. The van der Waals surface area contributed by atoms with Gasteiger partial charge in [0.1, 0.15) is 5.75 Å². The number of rotatable bonds is 4. The lowest BCUT2D eigenvalue weighted by Gasteiger charge is -2.07. The van der Waals surface area contributed by atoms with Crippen molar-refractivity contribution < 1.29 is 4.74 Å². The Morgan fingerprint density at radius 1 is 1.31 bits per heavy atom. The summed E-state index contributed by atoms with van der Waals surface area (Å²) in [6, 6.07) is 7.97. The zero-order valence-electron chi connectivity index (χ0n) is 9.42. The van der Waals surface area contributed by atoms with Crippen LogP contribution in [0.2, 0.25) is 0 Å². The van der Waals surface area contributed by atoms with Gasteiger partial charge < -0.3 is 4.74 Å². The third-order valence-electron chi connectivity index (χ3n) is 2.26. The molecule has 0 bridgehead atoms. The normalized spacial score (nSPS) is 10.4. The van der Waals surface area contributed by atoms with Gasteiger partial charge in [-0.05, 0) is 23.3 Å². The Bertz CT molecular complexity index is 467. The number of hydrogen-bond donors (Lipinski definition) is 0. The molecule has 0 N–H and O–H groups in total. The van der Waals surface area contributed by atoms with Crippen LogP contribution in [0, 0.1) is 0 Å². The van der Waals surface area contributed by atoms with Gasteiger partial charge in [0.25, 0.3) is 0 Å². The average Bonchev–Trinajstić information content (AvgIpc) is 2.73. The van der Waals surface area contributed by atoms with Crippen LogP contribution in [0.1, 0.15) is 18.3 Å². The zero-order valence-corrected chi connectivity index (χ0v) is 9.42. The van der Waals surface area contributed by atoms with Crippen molar-refractivity contribution in [2.75, 3.05) is 0 Å². The molecule has 0 unspecified atom stereocenters. The predicted molar refractivity (Wildman–Crippen MR) is 59.0 cm³/mol. The average molecular weight is 218 g/mol. The van der Waals surface area contributed by atoms with Crippen molar-refractivity contribution >= 4 is 0 Å². The van der Waals surface area contributed by atoms with Crippen LogP contribution in [-0.4, -0.2) is 20.2 Å². The lowest BCUT2D eigenvalue weighted by Crippen LogP contribution is -2.00. The predicted octanol–water partition coefficient (Wildman–Crippen LogP) is 1.35. The number of para-hydroxylation sites is 1. The lowest BCUT2D eigenvalue weighted by molar-refractivity contribution is 0.292. The number of nitrogens with zero attached hydrogens (tertiary/aromatic N) is 4. The van der Waals surface area contributed by atoms with Gasteiger partial charge in [-0.2, -0.15) is 4.80 Å². The molecular weight excluding hydrogens is 204 g/mol. The Morgan fingerprint density at radius 3 is 2.81 bits per heavy atom. The molecule has 5 heteroatoms. The number of tetrazole rings is 1. The molecule has 84 valence electrons. The molecule has 5 nitrogen and oxygen atoms in total. The van der Waals surface area contributed by atoms with Gasteiger partial charge in [0.05, 0.1) is 7.05 Å². The minimum Gasteiger partial charge on any atom is -0.485 e. The fourth-order valence-electron chi connectivity index (χ4n) is 1.46. The van der Waals surface area contributed by atoms with Crippen LogP contribution in [0.15, 0.2) is 24.3 Å². The van der Waals surface area contributed by atoms with Gasteiger partial charge in [-0.25, -0.2) is 0 Å². The number of hydrogen-bond acceptors (Lipinski definition) is 4. The monoisotopic (exact) mass is 218 g/mol. The van der Waals surface area contributed by atoms with Crippen LogP contribution in [-0.2, 0) is 20.1 Å². The van der Waals surface area contributed by atoms with Gasteiger partial charge >= 0.3 is 0 Å². The van der Waals surface area contributed by atoms with E-state index in [4.69, 9.17) is 4.74 Å². The lowest BCUT2D eigenvalue weighted by atomic mass is 10.1. The van der Waals surface area contributed by atoms with Crippen molar-refractivity contribution in [1.29, 1.82) is 0 Å². The quantitative estimate of drug-likeness (QED) is 0.777. The zero-order chi connectivity index (χ0) is 11.4. The molecule has 1 aromatic heterocycles. The second-order valence-corrected chi connectivity index (χ2v) is 3.45. The summed E-state index contributed by atoms with van der Waals surface area (Å²) in [5, 5.41) is 11.7. The van der Waals surface area contributed by atoms with E-state index >= 15 is 0 Å². The van der Waals surface area contributed by atoms with E-state index in [2.05, 4.69) is 28.4 Å². The van der Waals surface area contributed by atoms with Crippen LogP contribution in [0.3, 0.4) is 0 Å². The molecule has 0 fully saturated rings. The van der Waals surface area contributed by atoms with Gasteiger partial charge in [-0.1, -0.05) is 25.1 Å². The molecule has 0 atom stereocenters. The Balaban J connectivity index is 2.04. The summed E-state index contributed by atoms with van der Waals surface area (Å²) in [5.74, 6) is 1.48. The van der Waals surface area contributed by atoms with Crippen LogP contribution in [0.5, 0.6) is 5.75 Å². The highest BCUT2D eigenvalue weighted by atomic mass is 16.5. The van der Waals surface area contributed by atoms with E-state index < -0.39 is 0 Å². The summed E-state index contributed by atoms with van der Waals surface area (Å²) in [6.45, 7) is 2.45. The van der Waals surface area contributed by atoms with Crippen molar-refractivity contribution in [2.24, 2.45) is 7.05 Å². The van der Waals surface area contributed by atoms with Crippen molar-refractivity contribution in [2.45, 2.75) is 20.0 Å². The summed E-state index contributed by atoms with van der Waals surface area (Å²) in [4.78, 5) is 1.42. The molecule has 0 saturated heterocycles. The molecule has 2 aromatic rings. The van der Waals surface area contributed by atoms with Gasteiger partial charge in [-0.15, -0.1) is 10.2 Å². The first-order chi connectivity index (χ1) is 7.79. The first-order valence-electron chi connectivity index (χ1n) is 5.23. The van der Waals surface area contributed by atoms with E-state index in [1.807, 2.05) is 18.2 Å². The summed E-state index contributed by atoms with van der Waals surface area (Å²) < 4.78 is 5.65. The van der Waals surface area contributed by atoms with E-state index in [9.17, 15) is 0 Å². The summed E-state index contributed by atoms with van der Waals surface area (Å²) in [5.41, 5.74) is 1.19. The summed E-state index contributed by atoms with van der Waals surface area (Å²) >= 11 is 0. The Kier molecular flexibility index (Phi) is 3.14. The molecule has 0 amide bonds. The number of ether oxygens (including phenoxy) is 1. The third-order valence-corrected chi connectivity index (χ3v) is 2.26. The Hall–Kier alpha value is -1.91. The third kappa shape index (κ3) is 2.36. The molecule has 0 radical (unpaired) electrons. The molecule has 2 rings (SSSR count). The summed E-state index contributed by atoms with van der Waals surface area (Å²) in [7, 11) is 1.73. The molecule has 16 heavy (non-hydrogen) atoms. The number of aryl methyl sites for hydroxylation is 2. The molecule has 0 aliphatic rings. The first kappa shape index (κ1) is 10.6. The SMILES string of the molecule is CCc1ccccc1OCc1nnn(C)n1. The van der Waals surface area contributed by atoms with Crippen molar-refractivity contribution in [3.8, 4) is 5.75 Å². The number of aromatic nitrogens is 4. The minimum absolute atomic E-state index is 0.352. The van der Waals surface area contributed by atoms with Gasteiger partial charge in [-0.3, -0.25) is 0 Å². The van der Waals surface area contributed by atoms with E-state index in [1.165, 1.54) is 10.4 Å². The fraction of sp³-hybridized carbons (Fsp3) is 0.364. The first-order valence-corrected chi connectivity index (χ1v) is 5.23. The van der Waals surface area contributed by atoms with Crippen molar-refractivity contribution in [3.05, 3.63) is 35.7 Å². The van der Waals surface area contributed by atoms with Crippen LogP contribution < -0.4 is 4.74 Å². The van der Waals surface area contributed by atoms with Crippen LogP contribution >= 0.6 is 0 Å². The molecular formula is C11H14N4O. The van der Waals surface area contributed by atoms with Gasteiger partial charge in [0, 0.05) is 0 Å². The highest BCUT2D eigenvalue weighted by Crippen LogP contribution is 2.18. The van der Waals surface area contributed by atoms with Crippen LogP contribution in [0.25, 0.3) is 0 Å². The molecule has 0 spiro atoms. The van der Waals surface area contributed by atoms with Crippen molar-refractivity contribution in [1.82, 2.24) is 20.2 Å². The fourth-order valence-corrected chi connectivity index (χ4v) is 1.46. The van der Waals surface area contributed by atoms with E-state index in [-0.39, 0.29) is 0 Å². The highest BCUT2D eigenvalue weighted by Gasteiger charge is 2.04. The second-order valence-electron chi connectivity index (χ2n) is 3.45. The minimum atomic E-state index is 0.352. The molecule has 1 heterocycles. The maximum atomic E-state index is 5.65. The molecule has 1 aromatic carbocycles. The van der Waals surface area contributed by atoms with Crippen LogP contribution in [0.4, 0.5) is 0 Å². The van der Waals surface area contributed by atoms with E-state index in [0.29, 0.717) is 12.4 Å². The highest BCUT2D eigenvalue weighted by molar-refractivity contribution is 5.33. The molecule has 0 aliphatic heterocycles. The van der Waals surface area contributed by atoms with E-state index in [0.717, 1.165) is 12.2 Å². The topological polar surface area (TPSA) is 52.8 Å². The maximum absolute atomic E-state index is 5.65. The second kappa shape index (κ2) is 4.74.